The zero-order valence-corrected chi connectivity index (χ0v) is 33.1. The van der Waals surface area contributed by atoms with Gasteiger partial charge in [-0.1, -0.05) is 47.6 Å². The van der Waals surface area contributed by atoms with Crippen LogP contribution in [0.4, 0.5) is 15.4 Å². The molecule has 0 aliphatic rings. The number of benzene rings is 2. The lowest BCUT2D eigenvalue weighted by Crippen LogP contribution is -2.41. The Hall–Kier alpha value is -5.35. The summed E-state index contributed by atoms with van der Waals surface area (Å²) in [6.07, 6.45) is -1.77. The SMILES string of the molecule is COC(=O)CN(C(=O)OC(C)(C)C)c1nc(SCc2csc(-c3ccc(Cl)cc3)n2)c(C#N)c(-c2ccc(OCCOC(=O)OC(C)(C)C)cc2)c1C#N. The molecule has 0 saturated carbocycles. The second-order valence-corrected chi connectivity index (χ2v) is 15.6. The molecule has 1 amide bonds. The van der Waals surface area contributed by atoms with Gasteiger partial charge in [0.1, 0.15) is 64.4 Å². The fourth-order valence-electron chi connectivity index (χ4n) is 4.61. The Morgan fingerprint density at radius 1 is 0.870 bits per heavy atom. The lowest BCUT2D eigenvalue weighted by Gasteiger charge is -2.27. The number of methoxy groups -OCH3 is 1. The van der Waals surface area contributed by atoms with E-state index in [2.05, 4.69) is 17.1 Å². The van der Waals surface area contributed by atoms with Crippen molar-refractivity contribution in [3.8, 4) is 39.6 Å². The lowest BCUT2D eigenvalue weighted by atomic mass is 9.96. The first-order valence-corrected chi connectivity index (χ1v) is 18.6. The van der Waals surface area contributed by atoms with Crippen molar-refractivity contribution in [2.24, 2.45) is 0 Å². The molecule has 0 N–H and O–H groups in total. The summed E-state index contributed by atoms with van der Waals surface area (Å²) in [7, 11) is 1.17. The topological polar surface area (TPSA) is 174 Å². The van der Waals surface area contributed by atoms with Crippen molar-refractivity contribution in [3.63, 3.8) is 0 Å². The van der Waals surface area contributed by atoms with Gasteiger partial charge in [0, 0.05) is 27.3 Å². The van der Waals surface area contributed by atoms with E-state index in [0.29, 0.717) is 22.0 Å². The summed E-state index contributed by atoms with van der Waals surface area (Å²) in [6.45, 7) is 9.48. The van der Waals surface area contributed by atoms with Crippen molar-refractivity contribution in [2.45, 2.75) is 63.5 Å². The third-order valence-electron chi connectivity index (χ3n) is 6.86. The van der Waals surface area contributed by atoms with Crippen LogP contribution in [-0.2, 0) is 29.5 Å². The molecular weight excluding hydrogens is 754 g/mol. The molecule has 0 radical (unpaired) electrons. The fourth-order valence-corrected chi connectivity index (χ4v) is 6.54. The molecule has 4 aromatic rings. The van der Waals surface area contributed by atoms with Crippen molar-refractivity contribution in [1.82, 2.24) is 9.97 Å². The monoisotopic (exact) mass is 791 g/mol. The minimum atomic E-state index is -0.967. The van der Waals surface area contributed by atoms with Gasteiger partial charge < -0.3 is 23.7 Å². The molecule has 16 heteroatoms. The Kier molecular flexibility index (Phi) is 13.9. The van der Waals surface area contributed by atoms with Crippen LogP contribution in [0.1, 0.15) is 58.4 Å². The van der Waals surface area contributed by atoms with Crippen molar-refractivity contribution in [2.75, 3.05) is 31.8 Å². The molecule has 0 saturated heterocycles. The van der Waals surface area contributed by atoms with E-state index in [9.17, 15) is 24.9 Å². The van der Waals surface area contributed by atoms with Gasteiger partial charge in [0.2, 0.25) is 0 Å². The van der Waals surface area contributed by atoms with E-state index in [-0.39, 0.29) is 46.5 Å². The van der Waals surface area contributed by atoms with Gasteiger partial charge in [-0.25, -0.2) is 24.5 Å². The number of anilines is 1. The summed E-state index contributed by atoms with van der Waals surface area (Å²) in [5.74, 6) is -0.305. The molecule has 0 aliphatic carbocycles. The molecule has 54 heavy (non-hydrogen) atoms. The van der Waals surface area contributed by atoms with E-state index in [1.807, 2.05) is 17.5 Å². The third-order valence-corrected chi connectivity index (χ3v) is 9.06. The number of nitriles is 2. The number of pyridine rings is 1. The highest BCUT2D eigenvalue weighted by atomic mass is 35.5. The predicted molar refractivity (Wildman–Crippen MR) is 205 cm³/mol. The zero-order valence-electron chi connectivity index (χ0n) is 30.7. The largest absolute Gasteiger partial charge is 0.508 e. The molecule has 0 spiro atoms. The fraction of sp³-hybridized carbons (Fsp3) is 0.342. The molecule has 0 aliphatic heterocycles. The van der Waals surface area contributed by atoms with E-state index in [1.54, 1.807) is 77.9 Å². The molecule has 2 heterocycles. The smallest absolute Gasteiger partial charge is 0.490 e. The molecule has 2 aromatic carbocycles. The number of nitrogens with zero attached hydrogens (tertiary/aromatic N) is 5. The Bertz CT molecular complexity index is 2060. The highest BCUT2D eigenvalue weighted by Gasteiger charge is 2.32. The summed E-state index contributed by atoms with van der Waals surface area (Å²) < 4.78 is 26.4. The van der Waals surface area contributed by atoms with Crippen LogP contribution in [0.3, 0.4) is 0 Å². The average molecular weight is 792 g/mol. The first-order chi connectivity index (χ1) is 25.5. The van der Waals surface area contributed by atoms with Crippen LogP contribution < -0.4 is 9.64 Å². The number of ether oxygens (including phenoxy) is 5. The highest BCUT2D eigenvalue weighted by Crippen LogP contribution is 2.40. The molecule has 0 atom stereocenters. The van der Waals surface area contributed by atoms with Crippen LogP contribution in [-0.4, -0.2) is 66.3 Å². The Labute approximate surface area is 326 Å². The van der Waals surface area contributed by atoms with Crippen molar-refractivity contribution >= 4 is 58.7 Å². The molecule has 282 valence electrons. The number of aromatic nitrogens is 2. The van der Waals surface area contributed by atoms with E-state index < -0.39 is 36.0 Å². The second-order valence-electron chi connectivity index (χ2n) is 13.4. The summed E-state index contributed by atoms with van der Waals surface area (Å²) >= 11 is 8.67. The zero-order chi connectivity index (χ0) is 39.6. The number of thioether (sulfide) groups is 1. The van der Waals surface area contributed by atoms with Crippen LogP contribution in [0, 0.1) is 22.7 Å². The van der Waals surface area contributed by atoms with Gasteiger partial charge in [-0.3, -0.25) is 4.79 Å². The number of carbonyl (C=O) groups is 3. The maximum atomic E-state index is 13.6. The number of thiazole rings is 1. The van der Waals surface area contributed by atoms with E-state index >= 15 is 0 Å². The normalized spacial score (nSPS) is 11.1. The quantitative estimate of drug-likeness (QED) is 0.0577. The number of halogens is 1. The molecule has 4 rings (SSSR count). The van der Waals surface area contributed by atoms with E-state index in [0.717, 1.165) is 15.5 Å². The van der Waals surface area contributed by atoms with Gasteiger partial charge in [0.05, 0.1) is 18.4 Å². The Morgan fingerprint density at radius 2 is 1.50 bits per heavy atom. The number of amides is 1. The first kappa shape index (κ1) is 41.4. The number of rotatable bonds is 12. The van der Waals surface area contributed by atoms with Crippen LogP contribution in [0.25, 0.3) is 21.7 Å². The van der Waals surface area contributed by atoms with Gasteiger partial charge in [0.15, 0.2) is 5.82 Å². The Balaban J connectivity index is 1.74. The van der Waals surface area contributed by atoms with Gasteiger partial charge in [0.25, 0.3) is 0 Å². The van der Waals surface area contributed by atoms with Gasteiger partial charge in [-0.05, 0) is 71.4 Å². The lowest BCUT2D eigenvalue weighted by molar-refractivity contribution is -0.139. The molecular formula is C38H38ClN5O8S2. The molecule has 0 bridgehead atoms. The van der Waals surface area contributed by atoms with Crippen LogP contribution >= 0.6 is 34.7 Å². The average Bonchev–Trinajstić information content (AvgIpc) is 3.59. The molecule has 0 unspecified atom stereocenters. The predicted octanol–water partition coefficient (Wildman–Crippen LogP) is 8.81. The van der Waals surface area contributed by atoms with Crippen molar-refractivity contribution in [1.29, 1.82) is 10.5 Å². The van der Waals surface area contributed by atoms with Crippen LogP contribution in [0.2, 0.25) is 5.02 Å². The van der Waals surface area contributed by atoms with Crippen molar-refractivity contribution in [3.05, 3.63) is 75.8 Å². The molecule has 0 fully saturated rings. The number of hydrogen-bond donors (Lipinski definition) is 0. The standard InChI is InChI=1S/C38H38ClN5O8S2/c1-37(2,3)51-35(46)44(20-30(45)48-7)32-28(18-40)31(23-10-14-27(15-11-23)49-16-17-50-36(47)52-38(4,5)6)29(19-41)34(43-32)54-22-26-21-53-33(42-26)24-8-12-25(39)13-9-24/h8-15,21H,16-17,20,22H2,1-7H3. The second kappa shape index (κ2) is 18.1. The van der Waals surface area contributed by atoms with Crippen LogP contribution in [0.15, 0.2) is 58.9 Å². The molecule has 13 nitrogen and oxygen atoms in total. The van der Waals surface area contributed by atoms with Gasteiger partial charge in [-0.15, -0.1) is 11.3 Å². The minimum absolute atomic E-state index is 0.0282. The summed E-state index contributed by atoms with van der Waals surface area (Å²) in [5, 5.41) is 24.6. The number of carbonyl (C=O) groups excluding carboxylic acids is 3. The number of hydrogen-bond acceptors (Lipinski definition) is 14. The molecule has 2 aromatic heterocycles. The minimum Gasteiger partial charge on any atom is -0.490 e. The first-order valence-electron chi connectivity index (χ1n) is 16.4. The summed E-state index contributed by atoms with van der Waals surface area (Å²) in [6, 6.07) is 18.1. The van der Waals surface area contributed by atoms with Crippen LogP contribution in [0.5, 0.6) is 5.75 Å². The summed E-state index contributed by atoms with van der Waals surface area (Å²) in [4.78, 5) is 48.4. The van der Waals surface area contributed by atoms with Gasteiger partial charge in [-0.2, -0.15) is 10.5 Å². The number of esters is 1. The van der Waals surface area contributed by atoms with E-state index in [1.165, 1.54) is 30.2 Å². The maximum Gasteiger partial charge on any atom is 0.508 e. The summed E-state index contributed by atoms with van der Waals surface area (Å²) in [5.41, 5.74) is 0.430. The Morgan fingerprint density at radius 3 is 2.09 bits per heavy atom. The third kappa shape index (κ3) is 11.6. The highest BCUT2D eigenvalue weighted by molar-refractivity contribution is 7.98. The van der Waals surface area contributed by atoms with Gasteiger partial charge >= 0.3 is 18.2 Å². The van der Waals surface area contributed by atoms with E-state index in [4.69, 9.17) is 40.3 Å². The van der Waals surface area contributed by atoms with Crippen molar-refractivity contribution < 1.29 is 38.1 Å². The maximum absolute atomic E-state index is 13.6.